The van der Waals surface area contributed by atoms with Crippen LogP contribution in [0.4, 0.5) is 0 Å². The molecule has 0 aromatic heterocycles. The number of amides is 1. The third kappa shape index (κ3) is 4.45. The molecule has 0 aliphatic heterocycles. The van der Waals surface area contributed by atoms with Crippen LogP contribution in [0.3, 0.4) is 0 Å². The van der Waals surface area contributed by atoms with Crippen LogP contribution < -0.4 is 5.48 Å². The molecule has 0 saturated heterocycles. The van der Waals surface area contributed by atoms with E-state index in [-0.39, 0.29) is 17.4 Å². The van der Waals surface area contributed by atoms with E-state index in [4.69, 9.17) is 5.21 Å². The molecule has 0 aliphatic carbocycles. The Morgan fingerprint density at radius 1 is 1.04 bits per heavy atom. The quantitative estimate of drug-likeness (QED) is 0.585. The minimum absolute atomic E-state index is 0.0222. The lowest BCUT2D eigenvalue weighted by Gasteiger charge is -2.32. The first-order chi connectivity index (χ1) is 11.9. The Morgan fingerprint density at radius 3 is 2.04 bits per heavy atom. The molecule has 1 atom stereocenters. The lowest BCUT2D eigenvalue weighted by atomic mass is 10.0. The highest BCUT2D eigenvalue weighted by atomic mass is 32.2. The number of benzene rings is 2. The van der Waals surface area contributed by atoms with E-state index >= 15 is 0 Å². The largest absolute Gasteiger partial charge is 0.289 e. The third-order valence-electron chi connectivity index (χ3n) is 3.85. The van der Waals surface area contributed by atoms with Gasteiger partial charge in [0.1, 0.15) is 6.04 Å². The summed E-state index contributed by atoms with van der Waals surface area (Å²) in [5.41, 5.74) is 2.34. The van der Waals surface area contributed by atoms with E-state index in [1.54, 1.807) is 61.8 Å². The molecular weight excluding hydrogens is 340 g/mol. The summed E-state index contributed by atoms with van der Waals surface area (Å²) in [5, 5.41) is 9.08. The summed E-state index contributed by atoms with van der Waals surface area (Å²) >= 11 is 0. The fourth-order valence-corrected chi connectivity index (χ4v) is 4.39. The third-order valence-corrected chi connectivity index (χ3v) is 5.69. The number of hydroxylamine groups is 1. The zero-order valence-electron chi connectivity index (χ0n) is 14.2. The van der Waals surface area contributed by atoms with Crippen molar-refractivity contribution in [2.75, 3.05) is 0 Å². The van der Waals surface area contributed by atoms with Crippen molar-refractivity contribution in [1.29, 1.82) is 0 Å². The minimum Gasteiger partial charge on any atom is -0.289 e. The topological polar surface area (TPSA) is 86.7 Å². The predicted octanol–water partition coefficient (Wildman–Crippen LogP) is 2.41. The van der Waals surface area contributed by atoms with E-state index in [0.717, 1.165) is 9.87 Å². The zero-order valence-corrected chi connectivity index (χ0v) is 15.0. The molecule has 2 N–H and O–H groups in total. The van der Waals surface area contributed by atoms with E-state index < -0.39 is 22.0 Å². The molecule has 25 heavy (non-hydrogen) atoms. The van der Waals surface area contributed by atoms with Crippen molar-refractivity contribution in [2.45, 2.75) is 31.3 Å². The SMILES string of the molecule is CC(C)[C@@H](C(=O)NO)N(Cc1ccccc1)S(=O)(=O)c1ccccc1. The molecule has 0 spiro atoms. The summed E-state index contributed by atoms with van der Waals surface area (Å²) in [6, 6.07) is 15.9. The van der Waals surface area contributed by atoms with E-state index in [1.807, 2.05) is 6.07 Å². The molecule has 0 bridgehead atoms. The van der Waals surface area contributed by atoms with E-state index in [9.17, 15) is 13.2 Å². The van der Waals surface area contributed by atoms with Gasteiger partial charge in [-0.1, -0.05) is 62.4 Å². The maximum Gasteiger partial charge on any atom is 0.262 e. The Kier molecular flexibility index (Phi) is 6.30. The number of nitrogens with one attached hydrogen (secondary N) is 1. The van der Waals surface area contributed by atoms with Gasteiger partial charge in [-0.05, 0) is 23.6 Å². The Hall–Kier alpha value is -2.22. The van der Waals surface area contributed by atoms with Crippen LogP contribution in [0.15, 0.2) is 65.6 Å². The molecule has 2 rings (SSSR count). The second kappa shape index (κ2) is 8.24. The van der Waals surface area contributed by atoms with Gasteiger partial charge < -0.3 is 0 Å². The van der Waals surface area contributed by atoms with Gasteiger partial charge in [-0.15, -0.1) is 0 Å². The Morgan fingerprint density at radius 2 is 1.56 bits per heavy atom. The maximum atomic E-state index is 13.2. The molecule has 0 saturated carbocycles. The van der Waals surface area contributed by atoms with Gasteiger partial charge in [-0.25, -0.2) is 13.9 Å². The number of hydrogen-bond acceptors (Lipinski definition) is 4. The summed E-state index contributed by atoms with van der Waals surface area (Å²) < 4.78 is 27.5. The monoisotopic (exact) mass is 362 g/mol. The number of carbonyl (C=O) groups is 1. The van der Waals surface area contributed by atoms with E-state index in [0.29, 0.717) is 0 Å². The molecule has 2 aromatic rings. The van der Waals surface area contributed by atoms with Crippen LogP contribution in [0.2, 0.25) is 0 Å². The second-order valence-electron chi connectivity index (χ2n) is 6.01. The number of nitrogens with zero attached hydrogens (tertiary/aromatic N) is 1. The first-order valence-electron chi connectivity index (χ1n) is 7.92. The molecule has 134 valence electrons. The first-order valence-corrected chi connectivity index (χ1v) is 9.36. The summed E-state index contributed by atoms with van der Waals surface area (Å²) in [7, 11) is -3.94. The molecule has 0 unspecified atom stereocenters. The summed E-state index contributed by atoms with van der Waals surface area (Å²) in [4.78, 5) is 12.3. The average molecular weight is 362 g/mol. The molecule has 0 heterocycles. The fourth-order valence-electron chi connectivity index (χ4n) is 2.66. The van der Waals surface area contributed by atoms with Crippen LogP contribution in [0.1, 0.15) is 19.4 Å². The number of carbonyl (C=O) groups excluding carboxylic acids is 1. The van der Waals surface area contributed by atoms with Gasteiger partial charge in [0, 0.05) is 6.54 Å². The van der Waals surface area contributed by atoms with Crippen molar-refractivity contribution >= 4 is 15.9 Å². The minimum atomic E-state index is -3.94. The number of hydrogen-bond donors (Lipinski definition) is 2. The fraction of sp³-hybridized carbons (Fsp3) is 0.278. The summed E-state index contributed by atoms with van der Waals surface area (Å²) in [5.74, 6) is -1.10. The molecule has 6 nitrogen and oxygen atoms in total. The number of sulfonamides is 1. The van der Waals surface area contributed by atoms with Crippen LogP contribution in [-0.2, 0) is 21.4 Å². The molecule has 7 heteroatoms. The van der Waals surface area contributed by atoms with Gasteiger partial charge in [0.25, 0.3) is 5.91 Å². The molecule has 0 aliphatic rings. The van der Waals surface area contributed by atoms with Crippen LogP contribution >= 0.6 is 0 Å². The van der Waals surface area contributed by atoms with Crippen molar-refractivity contribution < 1.29 is 18.4 Å². The smallest absolute Gasteiger partial charge is 0.262 e. The highest BCUT2D eigenvalue weighted by molar-refractivity contribution is 7.89. The van der Waals surface area contributed by atoms with Gasteiger partial charge >= 0.3 is 0 Å². The molecular formula is C18H22N2O4S. The lowest BCUT2D eigenvalue weighted by Crippen LogP contribution is -2.51. The number of rotatable bonds is 7. The maximum absolute atomic E-state index is 13.2. The first kappa shape index (κ1) is 19.1. The van der Waals surface area contributed by atoms with Gasteiger partial charge in [0.05, 0.1) is 4.90 Å². The van der Waals surface area contributed by atoms with Crippen LogP contribution in [0.25, 0.3) is 0 Å². The second-order valence-corrected chi connectivity index (χ2v) is 7.90. The lowest BCUT2D eigenvalue weighted by molar-refractivity contribution is -0.134. The predicted molar refractivity (Wildman–Crippen MR) is 94.2 cm³/mol. The normalized spacial score (nSPS) is 13.0. The highest BCUT2D eigenvalue weighted by Crippen LogP contribution is 2.24. The van der Waals surface area contributed by atoms with Crippen molar-refractivity contribution in [2.24, 2.45) is 5.92 Å². The Labute approximate surface area is 148 Å². The Balaban J connectivity index is 2.53. The molecule has 1 amide bonds. The van der Waals surface area contributed by atoms with Gasteiger partial charge in [0.15, 0.2) is 0 Å². The Bertz CT molecular complexity index is 792. The summed E-state index contributed by atoms with van der Waals surface area (Å²) in [6.45, 7) is 3.49. The van der Waals surface area contributed by atoms with Gasteiger partial charge in [0.2, 0.25) is 10.0 Å². The van der Waals surface area contributed by atoms with Crippen molar-refractivity contribution in [1.82, 2.24) is 9.79 Å². The van der Waals surface area contributed by atoms with Gasteiger partial charge in [-0.2, -0.15) is 4.31 Å². The molecule has 0 fully saturated rings. The highest BCUT2D eigenvalue weighted by Gasteiger charge is 2.37. The zero-order chi connectivity index (χ0) is 18.4. The van der Waals surface area contributed by atoms with Crippen LogP contribution in [-0.4, -0.2) is 29.9 Å². The standard InChI is InChI=1S/C18H22N2O4S/c1-14(2)17(18(21)19-22)20(13-15-9-5-3-6-10-15)25(23,24)16-11-7-4-8-12-16/h3-12,14,17,22H,13H2,1-2H3,(H,19,21)/t17-/m0/s1. The molecule has 2 aromatic carbocycles. The van der Waals surface area contributed by atoms with E-state index in [1.165, 1.54) is 12.1 Å². The van der Waals surface area contributed by atoms with Crippen molar-refractivity contribution in [3.8, 4) is 0 Å². The van der Waals surface area contributed by atoms with Crippen LogP contribution in [0.5, 0.6) is 0 Å². The van der Waals surface area contributed by atoms with E-state index in [2.05, 4.69) is 0 Å². The van der Waals surface area contributed by atoms with Crippen molar-refractivity contribution in [3.05, 3.63) is 66.2 Å². The summed E-state index contributed by atoms with van der Waals surface area (Å²) in [6.07, 6.45) is 0. The van der Waals surface area contributed by atoms with Gasteiger partial charge in [-0.3, -0.25) is 10.0 Å². The van der Waals surface area contributed by atoms with Crippen molar-refractivity contribution in [3.63, 3.8) is 0 Å². The van der Waals surface area contributed by atoms with Crippen LogP contribution in [0, 0.1) is 5.92 Å². The molecule has 0 radical (unpaired) electrons. The average Bonchev–Trinajstić information content (AvgIpc) is 2.62.